The van der Waals surface area contributed by atoms with Gasteiger partial charge in [0, 0.05) is 30.4 Å². The zero-order chi connectivity index (χ0) is 17.4. The molecule has 1 aliphatic rings. The minimum Gasteiger partial charge on any atom is -0.337 e. The first kappa shape index (κ1) is 15.8. The monoisotopic (exact) mass is 334 g/mol. The van der Waals surface area contributed by atoms with Crippen molar-refractivity contribution < 1.29 is 4.79 Å². The van der Waals surface area contributed by atoms with E-state index in [0.29, 0.717) is 12.1 Å². The van der Waals surface area contributed by atoms with Crippen molar-refractivity contribution in [3.63, 3.8) is 0 Å². The number of nitrogens with two attached hydrogens (primary N) is 1. The summed E-state index contributed by atoms with van der Waals surface area (Å²) in [6, 6.07) is 16.0. The Morgan fingerprint density at radius 3 is 2.76 bits per heavy atom. The van der Waals surface area contributed by atoms with Crippen LogP contribution in [0, 0.1) is 6.92 Å². The first-order chi connectivity index (χ1) is 12.1. The van der Waals surface area contributed by atoms with Crippen LogP contribution >= 0.6 is 0 Å². The highest BCUT2D eigenvalue weighted by Crippen LogP contribution is 2.23. The SMILES string of the molecule is Cc1nc2cc(C(=O)N3CCCC(N)C3)ccc2n1-c1ccccc1. The Balaban J connectivity index is 1.71. The highest BCUT2D eigenvalue weighted by molar-refractivity contribution is 5.97. The third-order valence-corrected chi connectivity index (χ3v) is 4.83. The van der Waals surface area contributed by atoms with Gasteiger partial charge >= 0.3 is 0 Å². The number of carbonyl (C=O) groups excluding carboxylic acids is 1. The second-order valence-corrected chi connectivity index (χ2v) is 6.69. The van der Waals surface area contributed by atoms with Crippen molar-refractivity contribution in [2.24, 2.45) is 5.73 Å². The fourth-order valence-corrected chi connectivity index (χ4v) is 3.61. The lowest BCUT2D eigenvalue weighted by Crippen LogP contribution is -2.45. The van der Waals surface area contributed by atoms with Gasteiger partial charge in [0.25, 0.3) is 5.91 Å². The maximum atomic E-state index is 12.8. The van der Waals surface area contributed by atoms with Gasteiger partial charge in [-0.1, -0.05) is 18.2 Å². The van der Waals surface area contributed by atoms with Crippen LogP contribution in [-0.2, 0) is 0 Å². The van der Waals surface area contributed by atoms with Crippen LogP contribution in [0.2, 0.25) is 0 Å². The number of rotatable bonds is 2. The first-order valence-electron chi connectivity index (χ1n) is 8.73. The van der Waals surface area contributed by atoms with E-state index >= 15 is 0 Å². The van der Waals surface area contributed by atoms with Crippen LogP contribution in [-0.4, -0.2) is 39.5 Å². The zero-order valence-electron chi connectivity index (χ0n) is 14.4. The molecule has 1 saturated heterocycles. The first-order valence-corrected chi connectivity index (χ1v) is 8.73. The topological polar surface area (TPSA) is 64.2 Å². The number of aryl methyl sites for hydroxylation is 1. The number of likely N-dealkylation sites (tertiary alicyclic amines) is 1. The van der Waals surface area contributed by atoms with E-state index in [2.05, 4.69) is 21.7 Å². The molecular formula is C20H22N4O. The molecule has 0 aliphatic carbocycles. The molecule has 1 atom stereocenters. The van der Waals surface area contributed by atoms with Gasteiger partial charge in [0.1, 0.15) is 5.82 Å². The zero-order valence-corrected chi connectivity index (χ0v) is 14.4. The van der Waals surface area contributed by atoms with Crippen LogP contribution in [0.3, 0.4) is 0 Å². The Morgan fingerprint density at radius 1 is 1.20 bits per heavy atom. The highest BCUT2D eigenvalue weighted by atomic mass is 16.2. The predicted octanol–water partition coefficient (Wildman–Crippen LogP) is 2.90. The van der Waals surface area contributed by atoms with Crippen LogP contribution in [0.15, 0.2) is 48.5 Å². The predicted molar refractivity (Wildman–Crippen MR) is 98.9 cm³/mol. The second kappa shape index (κ2) is 6.33. The van der Waals surface area contributed by atoms with E-state index in [1.807, 2.05) is 48.2 Å². The minimum absolute atomic E-state index is 0.0453. The Kier molecular flexibility index (Phi) is 4.01. The summed E-state index contributed by atoms with van der Waals surface area (Å²) >= 11 is 0. The number of fused-ring (bicyclic) bond motifs is 1. The molecule has 0 saturated carbocycles. The van der Waals surface area contributed by atoms with Crippen molar-refractivity contribution >= 4 is 16.9 Å². The van der Waals surface area contributed by atoms with E-state index in [4.69, 9.17) is 5.73 Å². The molecule has 0 radical (unpaired) electrons. The van der Waals surface area contributed by atoms with Gasteiger partial charge in [0.15, 0.2) is 0 Å². The highest BCUT2D eigenvalue weighted by Gasteiger charge is 2.23. The van der Waals surface area contributed by atoms with Crippen LogP contribution < -0.4 is 5.73 Å². The summed E-state index contributed by atoms with van der Waals surface area (Å²) in [6.07, 6.45) is 1.96. The third kappa shape index (κ3) is 2.91. The summed E-state index contributed by atoms with van der Waals surface area (Å²) in [5.74, 6) is 0.953. The quantitative estimate of drug-likeness (QED) is 0.784. The molecule has 2 N–H and O–H groups in total. The van der Waals surface area contributed by atoms with Gasteiger partial charge in [-0.25, -0.2) is 4.98 Å². The summed E-state index contributed by atoms with van der Waals surface area (Å²) in [5.41, 5.74) is 9.61. The van der Waals surface area contributed by atoms with Crippen molar-refractivity contribution in [2.75, 3.05) is 13.1 Å². The van der Waals surface area contributed by atoms with E-state index in [1.165, 1.54) is 0 Å². The number of aromatic nitrogens is 2. The van der Waals surface area contributed by atoms with Crippen molar-refractivity contribution in [3.05, 3.63) is 59.9 Å². The number of para-hydroxylation sites is 1. The molecule has 1 aromatic heterocycles. The number of nitrogens with zero attached hydrogens (tertiary/aromatic N) is 3. The summed E-state index contributed by atoms with van der Waals surface area (Å²) in [5, 5.41) is 0. The fraction of sp³-hybridized carbons (Fsp3) is 0.300. The number of imidazole rings is 1. The van der Waals surface area contributed by atoms with Crippen LogP contribution in [0.1, 0.15) is 29.0 Å². The molecular weight excluding hydrogens is 312 g/mol. The smallest absolute Gasteiger partial charge is 0.253 e. The number of hydrogen-bond acceptors (Lipinski definition) is 3. The van der Waals surface area contributed by atoms with Crippen molar-refractivity contribution in [1.29, 1.82) is 0 Å². The van der Waals surface area contributed by atoms with Gasteiger partial charge in [0.05, 0.1) is 11.0 Å². The normalized spacial score (nSPS) is 17.8. The van der Waals surface area contributed by atoms with E-state index in [0.717, 1.165) is 41.9 Å². The van der Waals surface area contributed by atoms with E-state index in [1.54, 1.807) is 0 Å². The Morgan fingerprint density at radius 2 is 2.00 bits per heavy atom. The summed E-state index contributed by atoms with van der Waals surface area (Å²) < 4.78 is 2.11. The van der Waals surface area contributed by atoms with Crippen molar-refractivity contribution in [1.82, 2.24) is 14.5 Å². The molecule has 1 aliphatic heterocycles. The summed E-state index contributed by atoms with van der Waals surface area (Å²) in [7, 11) is 0. The fourth-order valence-electron chi connectivity index (χ4n) is 3.61. The Labute approximate surface area is 147 Å². The number of hydrogen-bond donors (Lipinski definition) is 1. The van der Waals surface area contributed by atoms with E-state index < -0.39 is 0 Å². The second-order valence-electron chi connectivity index (χ2n) is 6.69. The minimum atomic E-state index is 0.0453. The number of benzene rings is 2. The van der Waals surface area contributed by atoms with Gasteiger partial charge in [-0.2, -0.15) is 0 Å². The lowest BCUT2D eigenvalue weighted by atomic mass is 10.1. The summed E-state index contributed by atoms with van der Waals surface area (Å²) in [4.78, 5) is 19.3. The molecule has 1 amide bonds. The molecule has 4 rings (SSSR count). The van der Waals surface area contributed by atoms with Gasteiger partial charge < -0.3 is 10.6 Å². The van der Waals surface area contributed by atoms with Crippen LogP contribution in [0.5, 0.6) is 0 Å². The molecule has 2 heterocycles. The van der Waals surface area contributed by atoms with Gasteiger partial charge in [-0.05, 0) is 50.1 Å². The van der Waals surface area contributed by atoms with Crippen LogP contribution in [0.25, 0.3) is 16.7 Å². The number of carbonyl (C=O) groups is 1. The molecule has 25 heavy (non-hydrogen) atoms. The molecule has 128 valence electrons. The lowest BCUT2D eigenvalue weighted by molar-refractivity contribution is 0.0709. The number of piperidine rings is 1. The van der Waals surface area contributed by atoms with E-state index in [9.17, 15) is 4.79 Å². The molecule has 0 spiro atoms. The van der Waals surface area contributed by atoms with Gasteiger partial charge in [-0.15, -0.1) is 0 Å². The molecule has 5 heteroatoms. The average Bonchev–Trinajstić information content (AvgIpc) is 2.96. The van der Waals surface area contributed by atoms with E-state index in [-0.39, 0.29) is 11.9 Å². The Bertz CT molecular complexity index is 916. The maximum absolute atomic E-state index is 12.8. The van der Waals surface area contributed by atoms with Crippen molar-refractivity contribution in [3.8, 4) is 5.69 Å². The standard InChI is InChI=1S/C20H22N4O/c1-14-22-18-12-15(20(25)23-11-5-6-16(21)13-23)9-10-19(18)24(14)17-7-3-2-4-8-17/h2-4,7-10,12,16H,5-6,11,13,21H2,1H3. The van der Waals surface area contributed by atoms with Gasteiger partial charge in [0.2, 0.25) is 0 Å². The summed E-state index contributed by atoms with van der Waals surface area (Å²) in [6.45, 7) is 3.40. The Hall–Kier alpha value is -2.66. The molecule has 3 aromatic rings. The average molecular weight is 334 g/mol. The molecule has 2 aromatic carbocycles. The van der Waals surface area contributed by atoms with Crippen LogP contribution in [0.4, 0.5) is 0 Å². The molecule has 5 nitrogen and oxygen atoms in total. The third-order valence-electron chi connectivity index (χ3n) is 4.83. The molecule has 1 unspecified atom stereocenters. The molecule has 1 fully saturated rings. The lowest BCUT2D eigenvalue weighted by Gasteiger charge is -2.30. The maximum Gasteiger partial charge on any atom is 0.253 e. The number of amides is 1. The largest absolute Gasteiger partial charge is 0.337 e. The molecule has 0 bridgehead atoms. The van der Waals surface area contributed by atoms with Crippen molar-refractivity contribution in [2.45, 2.75) is 25.8 Å². The van der Waals surface area contributed by atoms with Gasteiger partial charge in [-0.3, -0.25) is 9.36 Å².